The number of amides is 1. The lowest BCUT2D eigenvalue weighted by Crippen LogP contribution is -2.49. The van der Waals surface area contributed by atoms with E-state index >= 15 is 0 Å². The first-order valence-corrected chi connectivity index (χ1v) is 8.72. The second kappa shape index (κ2) is 8.24. The van der Waals surface area contributed by atoms with Gasteiger partial charge in [0.25, 0.3) is 5.69 Å². The van der Waals surface area contributed by atoms with Crippen molar-refractivity contribution in [1.29, 1.82) is 0 Å². The molecule has 0 unspecified atom stereocenters. The number of nitro groups is 1. The van der Waals surface area contributed by atoms with Crippen LogP contribution in [0.4, 0.5) is 16.2 Å². The minimum atomic E-state index is -0.605. The molecular formula is C18H25N3O6. The summed E-state index contributed by atoms with van der Waals surface area (Å²) in [4.78, 5) is 36.5. The van der Waals surface area contributed by atoms with Gasteiger partial charge in [-0.1, -0.05) is 0 Å². The number of nitro benzene ring substituents is 1. The normalized spacial score (nSPS) is 17.2. The number of carbonyl (C=O) groups excluding carboxylic acids is 2. The molecule has 1 fully saturated rings. The fourth-order valence-corrected chi connectivity index (χ4v) is 2.96. The number of benzene rings is 1. The smallest absolute Gasteiger partial charge is 0.407 e. The van der Waals surface area contributed by atoms with Gasteiger partial charge >= 0.3 is 12.1 Å². The molecule has 0 aromatic heterocycles. The summed E-state index contributed by atoms with van der Waals surface area (Å²) < 4.78 is 9.97. The van der Waals surface area contributed by atoms with Gasteiger partial charge in [-0.2, -0.15) is 0 Å². The summed E-state index contributed by atoms with van der Waals surface area (Å²) in [6.07, 6.45) is 0.951. The van der Waals surface area contributed by atoms with Crippen molar-refractivity contribution in [3.8, 4) is 0 Å². The first-order chi connectivity index (χ1) is 12.6. The second-order valence-electron chi connectivity index (χ2n) is 7.38. The van der Waals surface area contributed by atoms with E-state index in [9.17, 15) is 19.7 Å². The topological polar surface area (TPSA) is 111 Å². The van der Waals surface area contributed by atoms with Gasteiger partial charge in [-0.25, -0.2) is 9.59 Å². The van der Waals surface area contributed by atoms with Crippen molar-refractivity contribution in [2.45, 2.75) is 45.3 Å². The van der Waals surface area contributed by atoms with Crippen molar-refractivity contribution in [1.82, 2.24) is 5.32 Å². The van der Waals surface area contributed by atoms with Crippen LogP contribution in [-0.4, -0.2) is 48.8 Å². The number of carbonyl (C=O) groups is 2. The van der Waals surface area contributed by atoms with Gasteiger partial charge in [-0.05, 0) is 45.7 Å². The van der Waals surface area contributed by atoms with Gasteiger partial charge in [-0.3, -0.25) is 10.1 Å². The molecule has 9 nitrogen and oxygen atoms in total. The van der Waals surface area contributed by atoms with Crippen molar-refractivity contribution >= 4 is 23.4 Å². The quantitative estimate of drug-likeness (QED) is 0.486. The number of piperidine rings is 1. The van der Waals surface area contributed by atoms with Crippen LogP contribution >= 0.6 is 0 Å². The van der Waals surface area contributed by atoms with Gasteiger partial charge < -0.3 is 19.7 Å². The maximum absolute atomic E-state index is 12.0. The molecule has 1 saturated heterocycles. The third kappa shape index (κ3) is 5.57. The SMILES string of the molecule is COC(=O)c1ccc([N+](=O)[O-])c(N2CCC[C@H](NC(=O)OC(C)(C)C)C2)c1. The Kier molecular flexibility index (Phi) is 6.24. The van der Waals surface area contributed by atoms with Crippen molar-refractivity contribution < 1.29 is 24.0 Å². The molecule has 0 saturated carbocycles. The number of nitrogens with one attached hydrogen (secondary N) is 1. The van der Waals surface area contributed by atoms with Crippen LogP contribution < -0.4 is 10.2 Å². The molecule has 9 heteroatoms. The first-order valence-electron chi connectivity index (χ1n) is 8.72. The van der Waals surface area contributed by atoms with Gasteiger partial charge in [0, 0.05) is 25.2 Å². The average Bonchev–Trinajstić information content (AvgIpc) is 2.59. The van der Waals surface area contributed by atoms with Gasteiger partial charge in [0.1, 0.15) is 11.3 Å². The van der Waals surface area contributed by atoms with Crippen LogP contribution in [0.5, 0.6) is 0 Å². The number of esters is 1. The molecule has 27 heavy (non-hydrogen) atoms. The van der Waals surface area contributed by atoms with E-state index in [1.807, 2.05) is 0 Å². The van der Waals surface area contributed by atoms with Crippen LogP contribution in [0, 0.1) is 10.1 Å². The lowest BCUT2D eigenvalue weighted by atomic mass is 10.0. The van der Waals surface area contributed by atoms with Crippen molar-refractivity contribution in [3.63, 3.8) is 0 Å². The minimum Gasteiger partial charge on any atom is -0.465 e. The molecule has 0 spiro atoms. The number of rotatable bonds is 4. The Hall–Kier alpha value is -2.84. The zero-order valence-corrected chi connectivity index (χ0v) is 16.0. The molecule has 1 heterocycles. The number of alkyl carbamates (subject to hydrolysis) is 1. The molecule has 148 valence electrons. The number of methoxy groups -OCH3 is 1. The van der Waals surface area contributed by atoms with Crippen molar-refractivity contribution in [2.24, 2.45) is 0 Å². The summed E-state index contributed by atoms with van der Waals surface area (Å²) in [7, 11) is 1.26. The third-order valence-electron chi connectivity index (χ3n) is 4.08. The van der Waals surface area contributed by atoms with E-state index in [1.165, 1.54) is 25.3 Å². The van der Waals surface area contributed by atoms with Crippen LogP contribution in [0.3, 0.4) is 0 Å². The maximum Gasteiger partial charge on any atom is 0.407 e. The average molecular weight is 379 g/mol. The number of anilines is 1. The molecule has 2 rings (SSSR count). The summed E-state index contributed by atoms with van der Waals surface area (Å²) in [5.74, 6) is -0.563. The molecule has 1 N–H and O–H groups in total. The summed E-state index contributed by atoms with van der Waals surface area (Å²) in [5.41, 5.74) is -0.133. The highest BCUT2D eigenvalue weighted by molar-refractivity contribution is 5.91. The lowest BCUT2D eigenvalue weighted by Gasteiger charge is -2.34. The molecule has 0 radical (unpaired) electrons. The van der Waals surface area contributed by atoms with Crippen LogP contribution in [0.15, 0.2) is 18.2 Å². The van der Waals surface area contributed by atoms with Gasteiger partial charge in [0.2, 0.25) is 0 Å². The number of hydrogen-bond donors (Lipinski definition) is 1. The van der Waals surface area contributed by atoms with Crippen LogP contribution in [0.25, 0.3) is 0 Å². The molecule has 1 aliphatic heterocycles. The highest BCUT2D eigenvalue weighted by Gasteiger charge is 2.28. The molecule has 0 bridgehead atoms. The molecule has 0 aliphatic carbocycles. The minimum absolute atomic E-state index is 0.0967. The Morgan fingerprint density at radius 2 is 2.04 bits per heavy atom. The molecule has 1 aromatic carbocycles. The largest absolute Gasteiger partial charge is 0.465 e. The van der Waals surface area contributed by atoms with Crippen molar-refractivity contribution in [3.05, 3.63) is 33.9 Å². The van der Waals surface area contributed by atoms with E-state index in [1.54, 1.807) is 25.7 Å². The standard InChI is InChI=1S/C18H25N3O6/c1-18(2,3)27-17(23)19-13-6-5-9-20(11-13)15-10-12(16(22)26-4)7-8-14(15)21(24)25/h7-8,10,13H,5-6,9,11H2,1-4H3,(H,19,23)/t13-/m0/s1. The summed E-state index contributed by atoms with van der Waals surface area (Å²) in [5, 5.41) is 14.2. The lowest BCUT2D eigenvalue weighted by molar-refractivity contribution is -0.384. The fourth-order valence-electron chi connectivity index (χ4n) is 2.96. The van der Waals surface area contributed by atoms with Crippen LogP contribution in [0.2, 0.25) is 0 Å². The van der Waals surface area contributed by atoms with E-state index in [0.29, 0.717) is 18.8 Å². The molecule has 1 aliphatic rings. The maximum atomic E-state index is 12.0. The Labute approximate surface area is 157 Å². The van der Waals surface area contributed by atoms with Crippen LogP contribution in [0.1, 0.15) is 44.0 Å². The molecule has 1 atom stereocenters. The van der Waals surface area contributed by atoms with E-state index < -0.39 is 22.6 Å². The van der Waals surface area contributed by atoms with Crippen molar-refractivity contribution in [2.75, 3.05) is 25.1 Å². The number of nitrogens with zero attached hydrogens (tertiary/aromatic N) is 2. The zero-order chi connectivity index (χ0) is 20.2. The van der Waals surface area contributed by atoms with Crippen LogP contribution in [-0.2, 0) is 9.47 Å². The third-order valence-corrected chi connectivity index (χ3v) is 4.08. The van der Waals surface area contributed by atoms with E-state index in [0.717, 1.165) is 12.8 Å². The fraction of sp³-hybridized carbons (Fsp3) is 0.556. The van der Waals surface area contributed by atoms with Gasteiger partial charge in [0.05, 0.1) is 17.6 Å². The highest BCUT2D eigenvalue weighted by atomic mass is 16.6. The Morgan fingerprint density at radius 3 is 2.63 bits per heavy atom. The van der Waals surface area contributed by atoms with E-state index in [-0.39, 0.29) is 17.3 Å². The van der Waals surface area contributed by atoms with Gasteiger partial charge in [-0.15, -0.1) is 0 Å². The summed E-state index contributed by atoms with van der Waals surface area (Å²) in [6, 6.07) is 3.91. The molecule has 1 aromatic rings. The molecule has 1 amide bonds. The number of hydrogen-bond acceptors (Lipinski definition) is 7. The monoisotopic (exact) mass is 379 g/mol. The Bertz CT molecular complexity index is 728. The zero-order valence-electron chi connectivity index (χ0n) is 16.0. The Morgan fingerprint density at radius 1 is 1.33 bits per heavy atom. The number of ether oxygens (including phenoxy) is 2. The van der Waals surface area contributed by atoms with Gasteiger partial charge in [0.15, 0.2) is 0 Å². The second-order valence-corrected chi connectivity index (χ2v) is 7.38. The first kappa shape index (κ1) is 20.5. The highest BCUT2D eigenvalue weighted by Crippen LogP contribution is 2.31. The predicted molar refractivity (Wildman–Crippen MR) is 99.0 cm³/mol. The summed E-state index contributed by atoms with van der Waals surface area (Å²) in [6.45, 7) is 6.30. The summed E-state index contributed by atoms with van der Waals surface area (Å²) >= 11 is 0. The molecular weight excluding hydrogens is 354 g/mol. The van der Waals surface area contributed by atoms with E-state index in [2.05, 4.69) is 5.32 Å². The Balaban J connectivity index is 2.20. The van der Waals surface area contributed by atoms with E-state index in [4.69, 9.17) is 9.47 Å². The predicted octanol–water partition coefficient (Wildman–Crippen LogP) is 2.87.